The molecule has 0 aliphatic rings. The van der Waals surface area contributed by atoms with Gasteiger partial charge in [-0.15, -0.1) is 0 Å². The molecule has 1 rings (SSSR count). The lowest BCUT2D eigenvalue weighted by atomic mass is 10.0. The van der Waals surface area contributed by atoms with Crippen molar-refractivity contribution in [2.24, 2.45) is 4.99 Å². The highest BCUT2D eigenvalue weighted by atomic mass is 14.7. The number of pyridine rings is 1. The zero-order valence-corrected chi connectivity index (χ0v) is 11.6. The Morgan fingerprint density at radius 2 is 2.22 bits per heavy atom. The Morgan fingerprint density at radius 3 is 2.78 bits per heavy atom. The Bertz CT molecular complexity index is 428. The van der Waals surface area contributed by atoms with Crippen molar-refractivity contribution in [1.29, 1.82) is 0 Å². The van der Waals surface area contributed by atoms with Gasteiger partial charge in [0.05, 0.1) is 0 Å². The standard InChI is InChI=1S/C16H22N2/c1-4-8-14(12-15(17-3)9-5-2)13-16-10-6-7-11-18-16/h5-11H,4,12-13H2,1-3H3/b9-5-,14-8?,17-15?. The quantitative estimate of drug-likeness (QED) is 0.547. The van der Waals surface area contributed by atoms with E-state index in [1.54, 1.807) is 0 Å². The van der Waals surface area contributed by atoms with Crippen LogP contribution in [-0.4, -0.2) is 17.7 Å². The van der Waals surface area contributed by atoms with Crippen LogP contribution in [0.1, 0.15) is 32.4 Å². The van der Waals surface area contributed by atoms with Gasteiger partial charge < -0.3 is 0 Å². The second-order valence-corrected chi connectivity index (χ2v) is 4.16. The van der Waals surface area contributed by atoms with Gasteiger partial charge in [-0.25, -0.2) is 0 Å². The smallest absolute Gasteiger partial charge is 0.0444 e. The molecule has 0 radical (unpaired) electrons. The van der Waals surface area contributed by atoms with Gasteiger partial charge in [-0.3, -0.25) is 9.98 Å². The molecule has 0 spiro atoms. The highest BCUT2D eigenvalue weighted by Crippen LogP contribution is 2.12. The Morgan fingerprint density at radius 1 is 1.39 bits per heavy atom. The van der Waals surface area contributed by atoms with Crippen LogP contribution in [0.5, 0.6) is 0 Å². The third-order valence-electron chi connectivity index (χ3n) is 2.68. The summed E-state index contributed by atoms with van der Waals surface area (Å²) in [6.07, 6.45) is 11.1. The van der Waals surface area contributed by atoms with Crippen LogP contribution in [0.2, 0.25) is 0 Å². The van der Waals surface area contributed by atoms with E-state index in [-0.39, 0.29) is 0 Å². The summed E-state index contributed by atoms with van der Waals surface area (Å²) in [5, 5.41) is 0. The molecule has 1 heterocycles. The van der Waals surface area contributed by atoms with E-state index in [4.69, 9.17) is 0 Å². The SMILES string of the molecule is C/C=C\C(CC(=CCC)Cc1ccccn1)=NC. The fraction of sp³-hybridized carbons (Fsp3) is 0.375. The molecular weight excluding hydrogens is 220 g/mol. The van der Waals surface area contributed by atoms with E-state index in [2.05, 4.69) is 35.1 Å². The predicted octanol–water partition coefficient (Wildman–Crippen LogP) is 4.00. The molecule has 0 aromatic carbocycles. The number of aliphatic imine (C=N–C) groups is 1. The van der Waals surface area contributed by atoms with Crippen molar-refractivity contribution < 1.29 is 0 Å². The number of aromatic nitrogens is 1. The molecule has 0 atom stereocenters. The van der Waals surface area contributed by atoms with Gasteiger partial charge in [0.15, 0.2) is 0 Å². The first-order valence-electron chi connectivity index (χ1n) is 6.46. The zero-order valence-electron chi connectivity index (χ0n) is 11.6. The largest absolute Gasteiger partial charge is 0.293 e. The van der Waals surface area contributed by atoms with Crippen molar-refractivity contribution in [3.8, 4) is 0 Å². The molecule has 0 aliphatic heterocycles. The lowest BCUT2D eigenvalue weighted by Gasteiger charge is -2.07. The third-order valence-corrected chi connectivity index (χ3v) is 2.68. The first-order valence-corrected chi connectivity index (χ1v) is 6.46. The van der Waals surface area contributed by atoms with Gasteiger partial charge >= 0.3 is 0 Å². The molecule has 2 heteroatoms. The fourth-order valence-electron chi connectivity index (χ4n) is 1.87. The number of hydrogen-bond acceptors (Lipinski definition) is 2. The normalized spacial score (nSPS) is 13.3. The molecule has 1 aromatic heterocycles. The molecule has 18 heavy (non-hydrogen) atoms. The highest BCUT2D eigenvalue weighted by Gasteiger charge is 2.03. The minimum absolute atomic E-state index is 0.908. The molecular formula is C16H22N2. The van der Waals surface area contributed by atoms with Crippen molar-refractivity contribution >= 4 is 5.71 Å². The number of hydrogen-bond donors (Lipinski definition) is 0. The zero-order chi connectivity index (χ0) is 13.2. The maximum Gasteiger partial charge on any atom is 0.0444 e. The van der Waals surface area contributed by atoms with E-state index >= 15 is 0 Å². The molecule has 96 valence electrons. The number of rotatable bonds is 6. The summed E-state index contributed by atoms with van der Waals surface area (Å²) < 4.78 is 0. The van der Waals surface area contributed by atoms with Crippen LogP contribution in [0.25, 0.3) is 0 Å². The van der Waals surface area contributed by atoms with Crippen molar-refractivity contribution in [2.45, 2.75) is 33.1 Å². The van der Waals surface area contributed by atoms with Crippen molar-refractivity contribution in [3.05, 3.63) is 53.9 Å². The van der Waals surface area contributed by atoms with E-state index in [1.807, 2.05) is 38.4 Å². The summed E-state index contributed by atoms with van der Waals surface area (Å²) in [5.74, 6) is 0. The summed E-state index contributed by atoms with van der Waals surface area (Å²) in [5.41, 5.74) is 3.62. The van der Waals surface area contributed by atoms with Crippen molar-refractivity contribution in [2.75, 3.05) is 7.05 Å². The van der Waals surface area contributed by atoms with Crippen LogP contribution >= 0.6 is 0 Å². The second-order valence-electron chi connectivity index (χ2n) is 4.16. The Balaban J connectivity index is 2.75. The molecule has 0 amide bonds. The Kier molecular flexibility index (Phi) is 6.70. The summed E-state index contributed by atoms with van der Waals surface area (Å²) >= 11 is 0. The molecule has 0 saturated heterocycles. The number of allylic oxidation sites excluding steroid dienone is 4. The maximum atomic E-state index is 4.38. The lowest BCUT2D eigenvalue weighted by Crippen LogP contribution is -2.01. The summed E-state index contributed by atoms with van der Waals surface area (Å²) in [6, 6.07) is 6.06. The topological polar surface area (TPSA) is 25.2 Å². The molecule has 0 bridgehead atoms. The Hall–Kier alpha value is -1.70. The second kappa shape index (κ2) is 8.40. The van der Waals surface area contributed by atoms with E-state index < -0.39 is 0 Å². The molecule has 2 nitrogen and oxygen atoms in total. The van der Waals surface area contributed by atoms with Gasteiger partial charge in [-0.05, 0) is 31.6 Å². The van der Waals surface area contributed by atoms with Crippen LogP contribution < -0.4 is 0 Å². The van der Waals surface area contributed by atoms with Crippen molar-refractivity contribution in [1.82, 2.24) is 4.98 Å². The summed E-state index contributed by atoms with van der Waals surface area (Å²) in [7, 11) is 1.85. The first-order chi connectivity index (χ1) is 8.80. The van der Waals surface area contributed by atoms with Crippen molar-refractivity contribution in [3.63, 3.8) is 0 Å². The number of nitrogens with zero attached hydrogens (tertiary/aromatic N) is 2. The summed E-state index contributed by atoms with van der Waals surface area (Å²) in [6.45, 7) is 4.18. The van der Waals surface area contributed by atoms with Crippen LogP contribution in [0, 0.1) is 0 Å². The first kappa shape index (κ1) is 14.4. The van der Waals surface area contributed by atoms with Gasteiger partial charge in [0, 0.05) is 37.5 Å². The van der Waals surface area contributed by atoms with Gasteiger partial charge in [0.1, 0.15) is 0 Å². The van der Waals surface area contributed by atoms with Gasteiger partial charge in [0.2, 0.25) is 0 Å². The average molecular weight is 242 g/mol. The minimum Gasteiger partial charge on any atom is -0.293 e. The van der Waals surface area contributed by atoms with E-state index in [9.17, 15) is 0 Å². The third kappa shape index (κ3) is 5.09. The van der Waals surface area contributed by atoms with E-state index in [0.29, 0.717) is 0 Å². The monoisotopic (exact) mass is 242 g/mol. The van der Waals surface area contributed by atoms with Gasteiger partial charge in [0.25, 0.3) is 0 Å². The maximum absolute atomic E-state index is 4.38. The van der Waals surface area contributed by atoms with Crippen LogP contribution in [0.15, 0.2) is 53.2 Å². The van der Waals surface area contributed by atoms with Crippen LogP contribution in [0.3, 0.4) is 0 Å². The predicted molar refractivity (Wildman–Crippen MR) is 79.1 cm³/mol. The van der Waals surface area contributed by atoms with Gasteiger partial charge in [-0.2, -0.15) is 0 Å². The molecule has 0 aliphatic carbocycles. The fourth-order valence-corrected chi connectivity index (χ4v) is 1.87. The molecule has 0 saturated carbocycles. The van der Waals surface area contributed by atoms with Gasteiger partial charge in [-0.1, -0.05) is 30.7 Å². The van der Waals surface area contributed by atoms with Crippen LogP contribution in [0.4, 0.5) is 0 Å². The van der Waals surface area contributed by atoms with E-state index in [0.717, 1.165) is 30.7 Å². The molecule has 1 aromatic rings. The highest BCUT2D eigenvalue weighted by molar-refractivity contribution is 5.96. The molecule has 0 unspecified atom stereocenters. The molecule has 0 fully saturated rings. The van der Waals surface area contributed by atoms with E-state index in [1.165, 1.54) is 5.57 Å². The lowest BCUT2D eigenvalue weighted by molar-refractivity contribution is 0.996. The average Bonchev–Trinajstić information content (AvgIpc) is 2.39. The minimum atomic E-state index is 0.908. The Labute approximate surface area is 110 Å². The molecule has 0 N–H and O–H groups in total. The van der Waals surface area contributed by atoms with Crippen LogP contribution in [-0.2, 0) is 6.42 Å². The summed E-state index contributed by atoms with van der Waals surface area (Å²) in [4.78, 5) is 8.69.